The highest BCUT2D eigenvalue weighted by Crippen LogP contribution is 2.25. The van der Waals surface area contributed by atoms with Gasteiger partial charge in [0.15, 0.2) is 5.16 Å². The minimum Gasteiger partial charge on any atom is -0.248 e. The van der Waals surface area contributed by atoms with Gasteiger partial charge in [-0.3, -0.25) is 0 Å². The summed E-state index contributed by atoms with van der Waals surface area (Å²) in [5, 5.41) is 1.64. The van der Waals surface area contributed by atoms with Crippen molar-refractivity contribution >= 4 is 27.7 Å². The Morgan fingerprint density at radius 2 is 2.06 bits per heavy atom. The van der Waals surface area contributed by atoms with E-state index in [-0.39, 0.29) is 0 Å². The minimum atomic E-state index is 0.731. The molecule has 0 bridgehead atoms. The van der Waals surface area contributed by atoms with Crippen molar-refractivity contribution in [1.29, 1.82) is 0 Å². The van der Waals surface area contributed by atoms with E-state index in [4.69, 9.17) is 0 Å². The van der Waals surface area contributed by atoms with Crippen LogP contribution in [0.5, 0.6) is 0 Å². The third-order valence-electron chi connectivity index (χ3n) is 1.99. The normalized spacial score (nSPS) is 10.4. The second-order valence-electron chi connectivity index (χ2n) is 3.35. The van der Waals surface area contributed by atoms with Gasteiger partial charge in [-0.1, -0.05) is 0 Å². The molecular weight excluding hydrogens is 286 g/mol. The molecule has 0 radical (unpaired) electrons. The fourth-order valence-electron chi connectivity index (χ4n) is 1.14. The zero-order chi connectivity index (χ0) is 11.5. The molecule has 0 unspecified atom stereocenters. The van der Waals surface area contributed by atoms with Gasteiger partial charge in [-0.2, -0.15) is 0 Å². The van der Waals surface area contributed by atoms with E-state index in [1.807, 2.05) is 26.0 Å². The quantitative estimate of drug-likeness (QED) is 0.796. The van der Waals surface area contributed by atoms with Crippen molar-refractivity contribution < 1.29 is 0 Å². The summed E-state index contributed by atoms with van der Waals surface area (Å²) in [6, 6.07) is 3.89. The molecule has 2 rings (SSSR count). The maximum absolute atomic E-state index is 4.32. The predicted molar refractivity (Wildman–Crippen MR) is 67.6 cm³/mol. The molecule has 3 nitrogen and oxygen atoms in total. The highest BCUT2D eigenvalue weighted by molar-refractivity contribution is 9.10. The van der Waals surface area contributed by atoms with Crippen molar-refractivity contribution in [3.8, 4) is 0 Å². The molecule has 0 fully saturated rings. The fourth-order valence-corrected chi connectivity index (χ4v) is 2.19. The van der Waals surface area contributed by atoms with Gasteiger partial charge in [-0.05, 0) is 59.2 Å². The Morgan fingerprint density at radius 3 is 2.75 bits per heavy atom. The molecule has 2 heterocycles. The zero-order valence-corrected chi connectivity index (χ0v) is 11.3. The van der Waals surface area contributed by atoms with Crippen LogP contribution in [0.3, 0.4) is 0 Å². The van der Waals surface area contributed by atoms with Crippen LogP contribution in [0.1, 0.15) is 11.3 Å². The van der Waals surface area contributed by atoms with Gasteiger partial charge in [-0.25, -0.2) is 15.0 Å². The van der Waals surface area contributed by atoms with E-state index in [1.165, 1.54) is 11.8 Å². The zero-order valence-electron chi connectivity index (χ0n) is 8.94. The van der Waals surface area contributed by atoms with Gasteiger partial charge in [0.1, 0.15) is 5.03 Å². The largest absolute Gasteiger partial charge is 0.248 e. The topological polar surface area (TPSA) is 38.7 Å². The number of pyridine rings is 1. The number of rotatable bonds is 2. The third-order valence-corrected chi connectivity index (χ3v) is 3.63. The van der Waals surface area contributed by atoms with Crippen molar-refractivity contribution in [3.63, 3.8) is 0 Å². The van der Waals surface area contributed by atoms with Gasteiger partial charge >= 0.3 is 0 Å². The van der Waals surface area contributed by atoms with Crippen LogP contribution in [-0.4, -0.2) is 15.0 Å². The SMILES string of the molecule is Cc1ccnc(Sc2cc(C)c(Br)cn2)n1. The van der Waals surface area contributed by atoms with Crippen LogP contribution in [-0.2, 0) is 0 Å². The number of hydrogen-bond donors (Lipinski definition) is 0. The van der Waals surface area contributed by atoms with Crippen LogP contribution in [0.15, 0.2) is 39.2 Å². The molecule has 0 atom stereocenters. The van der Waals surface area contributed by atoms with Crippen molar-refractivity contribution in [2.75, 3.05) is 0 Å². The first-order chi connectivity index (χ1) is 7.65. The predicted octanol–water partition coefficient (Wildman–Crippen LogP) is 3.40. The molecule has 82 valence electrons. The van der Waals surface area contributed by atoms with Crippen LogP contribution in [0.25, 0.3) is 0 Å². The Kier molecular flexibility index (Phi) is 3.56. The lowest BCUT2D eigenvalue weighted by molar-refractivity contribution is 0.927. The first-order valence-electron chi connectivity index (χ1n) is 4.75. The molecule has 16 heavy (non-hydrogen) atoms. The second kappa shape index (κ2) is 4.93. The van der Waals surface area contributed by atoms with Gasteiger partial charge in [0.2, 0.25) is 0 Å². The summed E-state index contributed by atoms with van der Waals surface area (Å²) >= 11 is 4.89. The van der Waals surface area contributed by atoms with Gasteiger partial charge in [0.05, 0.1) is 0 Å². The smallest absolute Gasteiger partial charge is 0.194 e. The number of nitrogens with zero attached hydrogens (tertiary/aromatic N) is 3. The Morgan fingerprint density at radius 1 is 1.25 bits per heavy atom. The molecule has 0 saturated heterocycles. The van der Waals surface area contributed by atoms with E-state index in [0.29, 0.717) is 0 Å². The van der Waals surface area contributed by atoms with Crippen LogP contribution >= 0.6 is 27.7 Å². The fraction of sp³-hybridized carbons (Fsp3) is 0.182. The number of hydrogen-bond acceptors (Lipinski definition) is 4. The van der Waals surface area contributed by atoms with Gasteiger partial charge in [-0.15, -0.1) is 0 Å². The van der Waals surface area contributed by atoms with E-state index in [9.17, 15) is 0 Å². The maximum atomic E-state index is 4.32. The standard InChI is InChI=1S/C11H10BrN3S/c1-7-5-10(14-6-9(7)12)16-11-13-4-3-8(2)15-11/h3-6H,1-2H3. The lowest BCUT2D eigenvalue weighted by Gasteiger charge is -2.02. The summed E-state index contributed by atoms with van der Waals surface area (Å²) in [6.45, 7) is 3.99. The lowest BCUT2D eigenvalue weighted by Crippen LogP contribution is -1.90. The Hall–Kier alpha value is -0.940. The van der Waals surface area contributed by atoms with Crippen LogP contribution in [0.4, 0.5) is 0 Å². The summed E-state index contributed by atoms with van der Waals surface area (Å²) in [7, 11) is 0. The number of halogens is 1. The lowest BCUT2D eigenvalue weighted by atomic mass is 10.3. The molecule has 0 N–H and O–H groups in total. The minimum absolute atomic E-state index is 0.731. The van der Waals surface area contributed by atoms with Gasteiger partial charge < -0.3 is 0 Å². The van der Waals surface area contributed by atoms with E-state index >= 15 is 0 Å². The van der Waals surface area contributed by atoms with E-state index in [1.54, 1.807) is 12.4 Å². The average molecular weight is 296 g/mol. The third kappa shape index (κ3) is 2.80. The molecule has 0 spiro atoms. The molecule has 5 heteroatoms. The Labute approximate surface area is 107 Å². The summed E-state index contributed by atoms with van der Waals surface area (Å²) in [4.78, 5) is 12.8. The first-order valence-corrected chi connectivity index (χ1v) is 6.36. The van der Waals surface area contributed by atoms with Crippen molar-refractivity contribution in [3.05, 3.63) is 40.3 Å². The van der Waals surface area contributed by atoms with Crippen LogP contribution in [0.2, 0.25) is 0 Å². The molecular formula is C11H10BrN3S. The van der Waals surface area contributed by atoms with Gasteiger partial charge in [0, 0.05) is 22.6 Å². The summed E-state index contributed by atoms with van der Waals surface area (Å²) < 4.78 is 1.02. The Balaban J connectivity index is 2.24. The van der Waals surface area contributed by atoms with Crippen LogP contribution in [0, 0.1) is 13.8 Å². The summed E-state index contributed by atoms with van der Waals surface area (Å²) in [5.41, 5.74) is 2.12. The second-order valence-corrected chi connectivity index (χ2v) is 5.20. The average Bonchev–Trinajstić information content (AvgIpc) is 2.24. The van der Waals surface area contributed by atoms with Crippen molar-refractivity contribution in [2.45, 2.75) is 24.0 Å². The van der Waals surface area contributed by atoms with Crippen molar-refractivity contribution in [2.24, 2.45) is 0 Å². The highest BCUT2D eigenvalue weighted by atomic mass is 79.9. The molecule has 0 amide bonds. The molecule has 0 aliphatic heterocycles. The molecule has 2 aromatic heterocycles. The Bertz CT molecular complexity index is 516. The van der Waals surface area contributed by atoms with E-state index in [2.05, 4.69) is 30.9 Å². The van der Waals surface area contributed by atoms with Gasteiger partial charge in [0.25, 0.3) is 0 Å². The number of aromatic nitrogens is 3. The number of aryl methyl sites for hydroxylation is 2. The molecule has 0 aromatic carbocycles. The van der Waals surface area contributed by atoms with E-state index in [0.717, 1.165) is 25.9 Å². The van der Waals surface area contributed by atoms with Crippen molar-refractivity contribution in [1.82, 2.24) is 15.0 Å². The molecule has 0 saturated carbocycles. The summed E-state index contributed by atoms with van der Waals surface area (Å²) in [6.07, 6.45) is 3.56. The maximum Gasteiger partial charge on any atom is 0.194 e. The molecule has 0 aliphatic carbocycles. The van der Waals surface area contributed by atoms with E-state index < -0.39 is 0 Å². The highest BCUT2D eigenvalue weighted by Gasteiger charge is 2.03. The summed E-state index contributed by atoms with van der Waals surface area (Å²) in [5.74, 6) is 0. The molecule has 0 aliphatic rings. The molecule has 2 aromatic rings. The monoisotopic (exact) mass is 295 g/mol. The van der Waals surface area contributed by atoms with Crippen LogP contribution < -0.4 is 0 Å². The first kappa shape index (κ1) is 11.5.